The van der Waals surface area contributed by atoms with E-state index in [9.17, 15) is 4.21 Å². The van der Waals surface area contributed by atoms with Crippen molar-refractivity contribution in [3.63, 3.8) is 0 Å². The van der Waals surface area contributed by atoms with Gasteiger partial charge in [0, 0.05) is 65.7 Å². The first-order chi connectivity index (χ1) is 17.8. The van der Waals surface area contributed by atoms with Gasteiger partial charge >= 0.3 is 0 Å². The summed E-state index contributed by atoms with van der Waals surface area (Å²) >= 11 is 0. The third kappa shape index (κ3) is 5.28. The molecule has 2 fully saturated rings. The summed E-state index contributed by atoms with van der Waals surface area (Å²) in [6.07, 6.45) is 9.18. The highest BCUT2D eigenvalue weighted by Gasteiger charge is 2.29. The fraction of sp³-hybridized carbons (Fsp3) is 0.385. The van der Waals surface area contributed by atoms with Gasteiger partial charge in [0.1, 0.15) is 11.6 Å². The third-order valence-electron chi connectivity index (χ3n) is 6.66. The lowest BCUT2D eigenvalue weighted by atomic mass is 10.3. The normalized spacial score (nSPS) is 16.8. The second kappa shape index (κ2) is 9.38. The van der Waals surface area contributed by atoms with Crippen LogP contribution < -0.4 is 10.2 Å². The molecule has 1 saturated carbocycles. The van der Waals surface area contributed by atoms with Gasteiger partial charge in [-0.2, -0.15) is 9.35 Å². The van der Waals surface area contributed by atoms with Gasteiger partial charge in [0.25, 0.3) is 0 Å². The van der Waals surface area contributed by atoms with Crippen molar-refractivity contribution in [1.82, 2.24) is 29.4 Å². The van der Waals surface area contributed by atoms with E-state index in [1.54, 1.807) is 18.6 Å². The highest BCUT2D eigenvalue weighted by molar-refractivity contribution is 7.92. The maximum atomic E-state index is 12.2. The molecule has 0 unspecified atom stereocenters. The van der Waals surface area contributed by atoms with Crippen LogP contribution in [0.4, 0.5) is 23.3 Å². The Balaban J connectivity index is 1.32. The number of hydrogen-bond donors (Lipinski definition) is 1. The Bertz CT molecular complexity index is 1550. The van der Waals surface area contributed by atoms with E-state index >= 15 is 0 Å². The lowest BCUT2D eigenvalue weighted by Crippen LogP contribution is -2.44. The molecule has 4 aromatic heterocycles. The number of piperazine rings is 1. The van der Waals surface area contributed by atoms with Crippen LogP contribution in [-0.2, 0) is 9.73 Å². The monoisotopic (exact) mass is 517 g/mol. The molecule has 1 aliphatic heterocycles. The molecule has 11 heteroatoms. The Kier molecular flexibility index (Phi) is 6.04. The summed E-state index contributed by atoms with van der Waals surface area (Å²) in [5, 5.41) is 4.26. The quantitative estimate of drug-likeness (QED) is 0.410. The third-order valence-corrected chi connectivity index (χ3v) is 7.29. The average molecular weight is 518 g/mol. The summed E-state index contributed by atoms with van der Waals surface area (Å²) in [7, 11) is -0.169. The van der Waals surface area contributed by atoms with Crippen molar-refractivity contribution >= 4 is 44.0 Å². The van der Waals surface area contributed by atoms with E-state index in [4.69, 9.17) is 9.97 Å². The zero-order chi connectivity index (χ0) is 25.6. The molecule has 0 spiro atoms. The van der Waals surface area contributed by atoms with Crippen LogP contribution in [0.2, 0.25) is 0 Å². The van der Waals surface area contributed by atoms with E-state index in [1.165, 1.54) is 0 Å². The molecule has 5 heterocycles. The standard InChI is InChI=1S/C26H31N9OS/c1-33-11-13-34(14-12-33)23-10-9-20(17-27-23)29-26-28-16-19-15-21(18-7-8-18)35(25(19)31-26)24-6-4-5-22(30-24)32-37(2,3)36/h4-6,9-10,15-18H,7-8,11-14H2,1-3H3,(H,28,29,31). The molecule has 0 aromatic carbocycles. The minimum Gasteiger partial charge on any atom is -0.354 e. The number of anilines is 3. The predicted molar refractivity (Wildman–Crippen MR) is 148 cm³/mol. The van der Waals surface area contributed by atoms with Crippen LogP contribution in [0.25, 0.3) is 16.9 Å². The second-order valence-corrected chi connectivity index (χ2v) is 12.6. The molecule has 0 amide bonds. The van der Waals surface area contributed by atoms with Gasteiger partial charge in [-0.1, -0.05) is 6.07 Å². The zero-order valence-electron chi connectivity index (χ0n) is 21.3. The van der Waals surface area contributed by atoms with Gasteiger partial charge < -0.3 is 15.1 Å². The van der Waals surface area contributed by atoms with Crippen molar-refractivity contribution in [1.29, 1.82) is 0 Å². The van der Waals surface area contributed by atoms with Crippen LogP contribution in [0.15, 0.2) is 53.2 Å². The van der Waals surface area contributed by atoms with Crippen LogP contribution in [0.5, 0.6) is 0 Å². The maximum Gasteiger partial charge on any atom is 0.229 e. The molecule has 1 saturated heterocycles. The van der Waals surface area contributed by atoms with Crippen molar-refractivity contribution in [3.8, 4) is 5.82 Å². The minimum absolute atomic E-state index is 0.454. The van der Waals surface area contributed by atoms with Gasteiger partial charge in [-0.25, -0.2) is 19.2 Å². The Labute approximate surface area is 217 Å². The van der Waals surface area contributed by atoms with E-state index in [2.05, 4.69) is 47.1 Å². The highest BCUT2D eigenvalue weighted by atomic mass is 32.2. The minimum atomic E-state index is -2.32. The molecular formula is C26H31N9OS. The average Bonchev–Trinajstić information content (AvgIpc) is 3.64. The van der Waals surface area contributed by atoms with Gasteiger partial charge in [-0.3, -0.25) is 4.57 Å². The van der Waals surface area contributed by atoms with Crippen LogP contribution in [0, 0.1) is 0 Å². The maximum absolute atomic E-state index is 12.2. The summed E-state index contributed by atoms with van der Waals surface area (Å²) in [5.74, 6) is 3.12. The molecule has 37 heavy (non-hydrogen) atoms. The summed E-state index contributed by atoms with van der Waals surface area (Å²) in [4.78, 5) is 23.4. The number of likely N-dealkylation sites (N-methyl/N-ethyl adjacent to an activating group) is 1. The van der Waals surface area contributed by atoms with Crippen LogP contribution in [-0.4, -0.2) is 79.4 Å². The van der Waals surface area contributed by atoms with Crippen molar-refractivity contribution in [2.45, 2.75) is 18.8 Å². The molecule has 10 nitrogen and oxygen atoms in total. The van der Waals surface area contributed by atoms with Gasteiger partial charge in [0.05, 0.1) is 11.9 Å². The Hall–Kier alpha value is -3.57. The molecule has 192 valence electrons. The largest absolute Gasteiger partial charge is 0.354 e. The fourth-order valence-electron chi connectivity index (χ4n) is 4.61. The van der Waals surface area contributed by atoms with Crippen LogP contribution in [0.1, 0.15) is 24.5 Å². The topological polar surface area (TPSA) is 104 Å². The molecule has 4 aromatic rings. The number of nitrogens with zero attached hydrogens (tertiary/aromatic N) is 8. The summed E-state index contributed by atoms with van der Waals surface area (Å²) in [5.41, 5.74) is 2.77. The van der Waals surface area contributed by atoms with E-state index < -0.39 is 9.73 Å². The van der Waals surface area contributed by atoms with Gasteiger partial charge in [-0.05, 0) is 56.1 Å². The van der Waals surface area contributed by atoms with E-state index in [-0.39, 0.29) is 0 Å². The number of aromatic nitrogens is 5. The van der Waals surface area contributed by atoms with Crippen molar-refractivity contribution in [2.24, 2.45) is 4.36 Å². The molecule has 6 rings (SSSR count). The number of nitrogens with one attached hydrogen (secondary N) is 1. The Morgan fingerprint density at radius 1 is 0.973 bits per heavy atom. The number of pyridine rings is 2. The lowest BCUT2D eigenvalue weighted by molar-refractivity contribution is 0.312. The SMILES string of the molecule is CN1CCN(c2ccc(Nc3ncc4cc(C5CC5)n(-c5cccc(N=S(C)(C)=O)n5)c4n3)cn2)CC1. The molecular weight excluding hydrogens is 486 g/mol. The molecule has 2 aliphatic rings. The van der Waals surface area contributed by atoms with Crippen molar-refractivity contribution in [3.05, 3.63) is 54.5 Å². The molecule has 1 aliphatic carbocycles. The number of fused-ring (bicyclic) bond motifs is 1. The molecule has 1 N–H and O–H groups in total. The summed E-state index contributed by atoms with van der Waals surface area (Å²) in [6.45, 7) is 4.04. The zero-order valence-corrected chi connectivity index (χ0v) is 22.1. The Morgan fingerprint density at radius 3 is 2.49 bits per heavy atom. The lowest BCUT2D eigenvalue weighted by Gasteiger charge is -2.33. The van der Waals surface area contributed by atoms with Crippen molar-refractivity contribution in [2.75, 3.05) is 56.0 Å². The van der Waals surface area contributed by atoms with Gasteiger partial charge in [0.15, 0.2) is 11.5 Å². The van der Waals surface area contributed by atoms with Crippen LogP contribution in [0.3, 0.4) is 0 Å². The van der Waals surface area contributed by atoms with E-state index in [1.807, 2.05) is 36.7 Å². The predicted octanol–water partition coefficient (Wildman–Crippen LogP) is 3.94. The smallest absolute Gasteiger partial charge is 0.229 e. The summed E-state index contributed by atoms with van der Waals surface area (Å²) < 4.78 is 18.6. The molecule has 0 radical (unpaired) electrons. The first-order valence-electron chi connectivity index (χ1n) is 12.5. The first kappa shape index (κ1) is 23.8. The van der Waals surface area contributed by atoms with Crippen molar-refractivity contribution < 1.29 is 4.21 Å². The summed E-state index contributed by atoms with van der Waals surface area (Å²) in [6, 6.07) is 11.8. The van der Waals surface area contributed by atoms with Gasteiger partial charge in [-0.15, -0.1) is 0 Å². The van der Waals surface area contributed by atoms with E-state index in [0.29, 0.717) is 23.5 Å². The van der Waals surface area contributed by atoms with E-state index in [0.717, 1.165) is 67.3 Å². The second-order valence-electron chi connectivity index (χ2n) is 10.1. The molecule has 0 bridgehead atoms. The number of rotatable bonds is 6. The Morgan fingerprint density at radius 2 is 1.78 bits per heavy atom. The number of hydrogen-bond acceptors (Lipinski definition) is 9. The molecule has 0 atom stereocenters. The fourth-order valence-corrected chi connectivity index (χ4v) is 5.17. The van der Waals surface area contributed by atoms with Crippen LogP contribution >= 0.6 is 0 Å². The highest BCUT2D eigenvalue weighted by Crippen LogP contribution is 2.43. The first-order valence-corrected chi connectivity index (χ1v) is 14.8. The van der Waals surface area contributed by atoms with Gasteiger partial charge in [0.2, 0.25) is 5.95 Å².